The Morgan fingerprint density at radius 3 is 2.95 bits per heavy atom. The Kier molecular flexibility index (Phi) is 4.19. The van der Waals surface area contributed by atoms with E-state index in [9.17, 15) is 9.59 Å². The van der Waals surface area contributed by atoms with Gasteiger partial charge in [0.25, 0.3) is 0 Å². The van der Waals surface area contributed by atoms with E-state index < -0.39 is 0 Å². The molecule has 0 aliphatic carbocycles. The van der Waals surface area contributed by atoms with Crippen LogP contribution in [0, 0.1) is 0 Å². The molecule has 0 N–H and O–H groups in total. The van der Waals surface area contributed by atoms with Gasteiger partial charge in [-0.2, -0.15) is 0 Å². The number of rotatable bonds is 4. The van der Waals surface area contributed by atoms with Gasteiger partial charge in [-0.3, -0.25) is 9.59 Å². The number of imidazole rings is 1. The van der Waals surface area contributed by atoms with Crippen LogP contribution in [0.25, 0.3) is 0 Å². The molecule has 1 aromatic rings. The quantitative estimate of drug-likeness (QED) is 0.750. The van der Waals surface area contributed by atoms with Crippen molar-refractivity contribution in [1.82, 2.24) is 14.5 Å². The molecule has 1 aliphatic heterocycles. The van der Waals surface area contributed by atoms with Crippen LogP contribution in [0.15, 0.2) is 6.33 Å². The van der Waals surface area contributed by atoms with E-state index in [1.807, 2.05) is 11.6 Å². The molecule has 19 heavy (non-hydrogen) atoms. The highest BCUT2D eigenvalue weighted by atomic mass is 16.5. The summed E-state index contributed by atoms with van der Waals surface area (Å²) >= 11 is 0. The molecule has 0 unspecified atom stereocenters. The molecule has 0 saturated heterocycles. The van der Waals surface area contributed by atoms with Gasteiger partial charge < -0.3 is 14.2 Å². The molecule has 1 amide bonds. The number of fused-ring (bicyclic) bond motifs is 1. The first kappa shape index (κ1) is 13.6. The van der Waals surface area contributed by atoms with Gasteiger partial charge in [0.2, 0.25) is 5.91 Å². The average Bonchev–Trinajstić information content (AvgIpc) is 2.78. The fourth-order valence-electron chi connectivity index (χ4n) is 2.23. The van der Waals surface area contributed by atoms with Gasteiger partial charge in [0, 0.05) is 26.4 Å². The summed E-state index contributed by atoms with van der Waals surface area (Å²) in [6.07, 6.45) is 2.92. The van der Waals surface area contributed by atoms with Crippen LogP contribution in [0.4, 0.5) is 0 Å². The second-order valence-corrected chi connectivity index (χ2v) is 4.62. The van der Waals surface area contributed by atoms with Crippen LogP contribution in [0.1, 0.15) is 31.2 Å². The van der Waals surface area contributed by atoms with Crippen LogP contribution in [-0.4, -0.2) is 39.5 Å². The van der Waals surface area contributed by atoms with E-state index in [4.69, 9.17) is 4.74 Å². The fourth-order valence-corrected chi connectivity index (χ4v) is 2.23. The van der Waals surface area contributed by atoms with Crippen molar-refractivity contribution in [2.45, 2.75) is 32.7 Å². The van der Waals surface area contributed by atoms with Crippen LogP contribution in [0.2, 0.25) is 0 Å². The molecule has 6 heteroatoms. The Balaban J connectivity index is 1.88. The molecular weight excluding hydrogens is 246 g/mol. The third-order valence-corrected chi connectivity index (χ3v) is 3.31. The first-order chi connectivity index (χ1) is 9.11. The second kappa shape index (κ2) is 5.86. The summed E-state index contributed by atoms with van der Waals surface area (Å²) in [7, 11) is 1.93. The molecule has 6 nitrogen and oxygen atoms in total. The van der Waals surface area contributed by atoms with Crippen molar-refractivity contribution in [2.24, 2.45) is 7.05 Å². The third-order valence-electron chi connectivity index (χ3n) is 3.31. The Hall–Kier alpha value is -1.85. The third kappa shape index (κ3) is 3.13. The molecule has 0 atom stereocenters. The predicted octanol–water partition coefficient (Wildman–Crippen LogP) is 0.648. The maximum absolute atomic E-state index is 12.0. The number of carbonyl (C=O) groups is 2. The van der Waals surface area contributed by atoms with Crippen LogP contribution in [0.5, 0.6) is 0 Å². The van der Waals surface area contributed by atoms with Crippen LogP contribution in [-0.2, 0) is 34.3 Å². The maximum Gasteiger partial charge on any atom is 0.306 e. The fraction of sp³-hybridized carbons (Fsp3) is 0.615. The van der Waals surface area contributed by atoms with Gasteiger partial charge in [-0.15, -0.1) is 0 Å². The Morgan fingerprint density at radius 1 is 1.42 bits per heavy atom. The zero-order valence-corrected chi connectivity index (χ0v) is 11.4. The molecule has 0 bridgehead atoms. The summed E-state index contributed by atoms with van der Waals surface area (Å²) in [4.78, 5) is 29.4. The van der Waals surface area contributed by atoms with Crippen molar-refractivity contribution in [3.8, 4) is 0 Å². The summed E-state index contributed by atoms with van der Waals surface area (Å²) in [5.41, 5.74) is 2.15. The number of aromatic nitrogens is 2. The van der Waals surface area contributed by atoms with E-state index in [2.05, 4.69) is 4.98 Å². The largest absolute Gasteiger partial charge is 0.466 e. The number of esters is 1. The van der Waals surface area contributed by atoms with Gasteiger partial charge in [-0.05, 0) is 6.92 Å². The molecule has 0 spiro atoms. The number of hydrogen-bond donors (Lipinski definition) is 0. The number of hydrogen-bond acceptors (Lipinski definition) is 4. The van der Waals surface area contributed by atoms with Crippen LogP contribution in [0.3, 0.4) is 0 Å². The number of nitrogens with zero attached hydrogens (tertiary/aromatic N) is 3. The minimum atomic E-state index is -0.311. The van der Waals surface area contributed by atoms with Crippen molar-refractivity contribution in [1.29, 1.82) is 0 Å². The van der Waals surface area contributed by atoms with Gasteiger partial charge in [-0.1, -0.05) is 0 Å². The topological polar surface area (TPSA) is 64.4 Å². The van der Waals surface area contributed by atoms with Gasteiger partial charge in [0.05, 0.1) is 37.3 Å². The second-order valence-electron chi connectivity index (χ2n) is 4.62. The summed E-state index contributed by atoms with van der Waals surface area (Å²) in [5.74, 6) is -0.311. The lowest BCUT2D eigenvalue weighted by Gasteiger charge is -2.27. The van der Waals surface area contributed by atoms with E-state index in [1.165, 1.54) is 0 Å². The molecule has 0 aromatic carbocycles. The zero-order chi connectivity index (χ0) is 13.8. The van der Waals surface area contributed by atoms with E-state index in [0.29, 0.717) is 19.7 Å². The van der Waals surface area contributed by atoms with E-state index in [0.717, 1.165) is 17.8 Å². The molecule has 1 aliphatic rings. The molecular formula is C13H19N3O3. The van der Waals surface area contributed by atoms with Gasteiger partial charge in [0.1, 0.15) is 0 Å². The first-order valence-corrected chi connectivity index (χ1v) is 6.54. The maximum atomic E-state index is 12.0. The molecule has 1 aromatic heterocycles. The lowest BCUT2D eigenvalue weighted by molar-refractivity contribution is -0.145. The summed E-state index contributed by atoms with van der Waals surface area (Å²) in [5, 5.41) is 0. The van der Waals surface area contributed by atoms with E-state index in [-0.39, 0.29) is 24.7 Å². The highest BCUT2D eigenvalue weighted by Gasteiger charge is 2.23. The first-order valence-electron chi connectivity index (χ1n) is 6.54. The SMILES string of the molecule is CCOC(=O)CCC(=O)N1CCc2ncn(C)c2C1. The van der Waals surface area contributed by atoms with E-state index >= 15 is 0 Å². The normalized spacial score (nSPS) is 14.1. The Morgan fingerprint density at radius 2 is 2.21 bits per heavy atom. The van der Waals surface area contributed by atoms with Crippen molar-refractivity contribution in [2.75, 3.05) is 13.2 Å². The minimum Gasteiger partial charge on any atom is -0.466 e. The molecule has 2 heterocycles. The monoisotopic (exact) mass is 265 g/mol. The van der Waals surface area contributed by atoms with Gasteiger partial charge in [0.15, 0.2) is 0 Å². The number of amides is 1. The molecule has 2 rings (SSSR count). The minimum absolute atomic E-state index is 0.0000898. The number of carbonyl (C=O) groups excluding carboxylic acids is 2. The lowest BCUT2D eigenvalue weighted by atomic mass is 10.1. The average molecular weight is 265 g/mol. The van der Waals surface area contributed by atoms with Crippen LogP contribution >= 0.6 is 0 Å². The standard InChI is InChI=1S/C13H19N3O3/c1-3-19-13(18)5-4-12(17)16-7-6-10-11(8-16)15(2)9-14-10/h9H,3-8H2,1-2H3. The Labute approximate surface area is 112 Å². The van der Waals surface area contributed by atoms with Crippen LogP contribution < -0.4 is 0 Å². The zero-order valence-electron chi connectivity index (χ0n) is 11.4. The smallest absolute Gasteiger partial charge is 0.306 e. The van der Waals surface area contributed by atoms with Crippen molar-refractivity contribution in [3.05, 3.63) is 17.7 Å². The highest BCUT2D eigenvalue weighted by Crippen LogP contribution is 2.17. The Bertz CT molecular complexity index is 481. The summed E-state index contributed by atoms with van der Waals surface area (Å²) in [6.45, 7) is 3.36. The lowest BCUT2D eigenvalue weighted by Crippen LogP contribution is -2.36. The number of ether oxygens (including phenoxy) is 1. The van der Waals surface area contributed by atoms with Crippen molar-refractivity contribution >= 4 is 11.9 Å². The molecule has 0 saturated carbocycles. The van der Waals surface area contributed by atoms with Gasteiger partial charge in [-0.25, -0.2) is 4.98 Å². The number of aryl methyl sites for hydroxylation is 1. The summed E-state index contributed by atoms with van der Waals surface area (Å²) < 4.78 is 6.76. The predicted molar refractivity (Wildman–Crippen MR) is 68.2 cm³/mol. The van der Waals surface area contributed by atoms with E-state index in [1.54, 1.807) is 18.2 Å². The molecule has 0 radical (unpaired) electrons. The highest BCUT2D eigenvalue weighted by molar-refractivity contribution is 5.81. The van der Waals surface area contributed by atoms with Crippen molar-refractivity contribution in [3.63, 3.8) is 0 Å². The summed E-state index contributed by atoms with van der Waals surface area (Å²) in [6, 6.07) is 0. The molecule has 0 fully saturated rings. The van der Waals surface area contributed by atoms with Gasteiger partial charge >= 0.3 is 5.97 Å². The molecule has 104 valence electrons. The van der Waals surface area contributed by atoms with Crippen molar-refractivity contribution < 1.29 is 14.3 Å².